The number of carboxylic acid groups (broad SMARTS) is 2. The molecule has 1 aliphatic heterocycles. The standard InChI is InChI=1S/C15H23NO5/c1-9(8-17)4-3-5-10(2)12-7-16-14(15(20)21)11(12)6-13(18)19/h4-5,11-12,14,16-17H,3,6-8H2,1-2H3,(H,18,19)(H,20,21)/b9-4+,10-5-/t11-,12+,14-/m0/s1. The molecule has 0 spiro atoms. The third-order valence-electron chi connectivity index (χ3n) is 3.92. The highest BCUT2D eigenvalue weighted by molar-refractivity contribution is 5.76. The van der Waals surface area contributed by atoms with Crippen molar-refractivity contribution in [2.24, 2.45) is 11.8 Å². The molecule has 1 saturated heterocycles. The van der Waals surface area contributed by atoms with E-state index in [2.05, 4.69) is 5.32 Å². The fourth-order valence-electron chi connectivity index (χ4n) is 2.68. The fourth-order valence-corrected chi connectivity index (χ4v) is 2.68. The molecule has 1 fully saturated rings. The van der Waals surface area contributed by atoms with Crippen molar-refractivity contribution in [2.75, 3.05) is 13.2 Å². The normalized spacial score (nSPS) is 26.9. The Morgan fingerprint density at radius 3 is 2.43 bits per heavy atom. The molecule has 3 atom stereocenters. The van der Waals surface area contributed by atoms with Crippen molar-refractivity contribution in [1.29, 1.82) is 0 Å². The first kappa shape index (κ1) is 17.4. The van der Waals surface area contributed by atoms with Crippen LogP contribution in [0.3, 0.4) is 0 Å². The summed E-state index contributed by atoms with van der Waals surface area (Å²) in [5, 5.41) is 30.0. The maximum absolute atomic E-state index is 11.2. The van der Waals surface area contributed by atoms with Crippen LogP contribution >= 0.6 is 0 Å². The number of allylic oxidation sites excluding steroid dienone is 2. The molecule has 118 valence electrons. The lowest BCUT2D eigenvalue weighted by molar-refractivity contribution is -0.142. The third-order valence-corrected chi connectivity index (χ3v) is 3.92. The second kappa shape index (κ2) is 7.95. The van der Waals surface area contributed by atoms with Gasteiger partial charge >= 0.3 is 11.9 Å². The van der Waals surface area contributed by atoms with E-state index in [0.717, 1.165) is 11.1 Å². The predicted octanol–water partition coefficient (Wildman–Crippen LogP) is 1.02. The molecule has 1 heterocycles. The molecule has 6 heteroatoms. The molecule has 0 aromatic rings. The number of aliphatic carboxylic acids is 2. The van der Waals surface area contributed by atoms with E-state index in [0.29, 0.717) is 13.0 Å². The maximum atomic E-state index is 11.2. The molecule has 0 aromatic heterocycles. The number of aliphatic hydroxyl groups excluding tert-OH is 1. The Labute approximate surface area is 124 Å². The third kappa shape index (κ3) is 4.99. The SMILES string of the molecule is C/C(=C/C/C=C(\C)CO)[C@H]1CN[C@H](C(=O)O)[C@H]1CC(=O)O. The smallest absolute Gasteiger partial charge is 0.321 e. The number of hydrogen-bond acceptors (Lipinski definition) is 4. The van der Waals surface area contributed by atoms with Crippen LogP contribution < -0.4 is 5.32 Å². The minimum Gasteiger partial charge on any atom is -0.481 e. The molecular weight excluding hydrogens is 274 g/mol. The van der Waals surface area contributed by atoms with Crippen molar-refractivity contribution >= 4 is 11.9 Å². The van der Waals surface area contributed by atoms with Crippen molar-refractivity contribution < 1.29 is 24.9 Å². The number of hydrogen-bond donors (Lipinski definition) is 4. The summed E-state index contributed by atoms with van der Waals surface area (Å²) in [5.41, 5.74) is 1.86. The van der Waals surface area contributed by atoms with Crippen LogP contribution in [0.2, 0.25) is 0 Å². The second-order valence-corrected chi connectivity index (χ2v) is 5.48. The van der Waals surface area contributed by atoms with Crippen molar-refractivity contribution in [2.45, 2.75) is 32.7 Å². The van der Waals surface area contributed by atoms with E-state index in [1.54, 1.807) is 0 Å². The van der Waals surface area contributed by atoms with Gasteiger partial charge < -0.3 is 20.6 Å². The van der Waals surface area contributed by atoms with Crippen LogP contribution in [0.25, 0.3) is 0 Å². The average Bonchev–Trinajstić information content (AvgIpc) is 2.81. The Kier molecular flexibility index (Phi) is 6.58. The predicted molar refractivity (Wildman–Crippen MR) is 77.9 cm³/mol. The number of nitrogens with one attached hydrogen (secondary N) is 1. The van der Waals surface area contributed by atoms with E-state index >= 15 is 0 Å². The van der Waals surface area contributed by atoms with Gasteiger partial charge in [-0.1, -0.05) is 23.3 Å². The lowest BCUT2D eigenvalue weighted by Gasteiger charge is -2.20. The van der Waals surface area contributed by atoms with Gasteiger partial charge in [-0.05, 0) is 26.2 Å². The van der Waals surface area contributed by atoms with Crippen LogP contribution in [0.5, 0.6) is 0 Å². The van der Waals surface area contributed by atoms with Crippen molar-refractivity contribution in [3.05, 3.63) is 23.3 Å². The van der Waals surface area contributed by atoms with Gasteiger partial charge in [-0.15, -0.1) is 0 Å². The van der Waals surface area contributed by atoms with Crippen LogP contribution in [0, 0.1) is 11.8 Å². The number of aliphatic hydroxyl groups is 1. The molecule has 0 aromatic carbocycles. The first-order chi connectivity index (χ1) is 9.86. The van der Waals surface area contributed by atoms with Gasteiger partial charge in [-0.25, -0.2) is 0 Å². The number of carboxylic acids is 2. The molecular formula is C15H23NO5. The van der Waals surface area contributed by atoms with Gasteiger partial charge in [0.15, 0.2) is 0 Å². The minimum atomic E-state index is -1.01. The van der Waals surface area contributed by atoms with Gasteiger partial charge in [-0.3, -0.25) is 9.59 Å². The summed E-state index contributed by atoms with van der Waals surface area (Å²) in [5.74, 6) is -2.53. The topological polar surface area (TPSA) is 107 Å². The zero-order chi connectivity index (χ0) is 16.0. The summed E-state index contributed by atoms with van der Waals surface area (Å²) in [6.45, 7) is 4.21. The van der Waals surface area contributed by atoms with E-state index in [1.807, 2.05) is 26.0 Å². The summed E-state index contributed by atoms with van der Waals surface area (Å²) >= 11 is 0. The fraction of sp³-hybridized carbons (Fsp3) is 0.600. The van der Waals surface area contributed by atoms with Crippen molar-refractivity contribution in [3.8, 4) is 0 Å². The Hall–Kier alpha value is -1.66. The molecule has 0 unspecified atom stereocenters. The van der Waals surface area contributed by atoms with Crippen LogP contribution in [-0.4, -0.2) is 46.5 Å². The summed E-state index contributed by atoms with van der Waals surface area (Å²) in [6.07, 6.45) is 4.34. The quantitative estimate of drug-likeness (QED) is 0.523. The number of rotatable bonds is 7. The Morgan fingerprint density at radius 1 is 1.24 bits per heavy atom. The van der Waals surface area contributed by atoms with Gasteiger partial charge in [0.05, 0.1) is 13.0 Å². The van der Waals surface area contributed by atoms with Gasteiger partial charge in [-0.2, -0.15) is 0 Å². The molecule has 0 radical (unpaired) electrons. The molecule has 1 aliphatic rings. The van der Waals surface area contributed by atoms with Gasteiger partial charge in [0.1, 0.15) is 6.04 Å². The highest BCUT2D eigenvalue weighted by Crippen LogP contribution is 2.31. The van der Waals surface area contributed by atoms with E-state index in [4.69, 9.17) is 15.3 Å². The monoisotopic (exact) mass is 297 g/mol. The number of carbonyl (C=O) groups is 2. The van der Waals surface area contributed by atoms with E-state index in [9.17, 15) is 9.59 Å². The molecule has 0 saturated carbocycles. The zero-order valence-corrected chi connectivity index (χ0v) is 12.4. The molecule has 0 aliphatic carbocycles. The van der Waals surface area contributed by atoms with Gasteiger partial charge in [0.2, 0.25) is 0 Å². The highest BCUT2D eigenvalue weighted by Gasteiger charge is 2.41. The maximum Gasteiger partial charge on any atom is 0.321 e. The van der Waals surface area contributed by atoms with Crippen LogP contribution in [0.1, 0.15) is 26.7 Å². The van der Waals surface area contributed by atoms with E-state index in [1.165, 1.54) is 0 Å². The molecule has 1 rings (SSSR count). The first-order valence-electron chi connectivity index (χ1n) is 6.98. The Bertz CT molecular complexity index is 455. The van der Waals surface area contributed by atoms with Gasteiger partial charge in [0, 0.05) is 12.5 Å². The summed E-state index contributed by atoms with van der Waals surface area (Å²) < 4.78 is 0. The van der Waals surface area contributed by atoms with Crippen molar-refractivity contribution in [1.82, 2.24) is 5.32 Å². The minimum absolute atomic E-state index is 0.0145. The van der Waals surface area contributed by atoms with E-state index < -0.39 is 23.9 Å². The molecule has 0 bridgehead atoms. The molecule has 4 N–H and O–H groups in total. The summed E-state index contributed by atoms with van der Waals surface area (Å²) in [7, 11) is 0. The lowest BCUT2D eigenvalue weighted by Crippen LogP contribution is -2.36. The second-order valence-electron chi connectivity index (χ2n) is 5.48. The van der Waals surface area contributed by atoms with E-state index in [-0.39, 0.29) is 18.9 Å². The Morgan fingerprint density at radius 2 is 1.90 bits per heavy atom. The Balaban J connectivity index is 2.81. The first-order valence-corrected chi connectivity index (χ1v) is 6.98. The lowest BCUT2D eigenvalue weighted by atomic mass is 9.83. The van der Waals surface area contributed by atoms with Gasteiger partial charge in [0.25, 0.3) is 0 Å². The molecule has 21 heavy (non-hydrogen) atoms. The van der Waals surface area contributed by atoms with Crippen LogP contribution in [-0.2, 0) is 9.59 Å². The largest absolute Gasteiger partial charge is 0.481 e. The summed E-state index contributed by atoms with van der Waals surface area (Å²) in [6, 6.07) is -0.816. The highest BCUT2D eigenvalue weighted by atomic mass is 16.4. The molecule has 6 nitrogen and oxygen atoms in total. The van der Waals surface area contributed by atoms with Crippen molar-refractivity contribution in [3.63, 3.8) is 0 Å². The zero-order valence-electron chi connectivity index (χ0n) is 12.4. The van der Waals surface area contributed by atoms with Crippen LogP contribution in [0.15, 0.2) is 23.3 Å². The molecule has 0 amide bonds. The average molecular weight is 297 g/mol. The summed E-state index contributed by atoms with van der Waals surface area (Å²) in [4.78, 5) is 22.1. The van der Waals surface area contributed by atoms with Crippen LogP contribution in [0.4, 0.5) is 0 Å².